The first-order chi connectivity index (χ1) is 22.9. The van der Waals surface area contributed by atoms with Gasteiger partial charge in [-0.15, -0.1) is 0 Å². The van der Waals surface area contributed by atoms with Gasteiger partial charge >= 0.3 is 6.03 Å². The molecule has 0 radical (unpaired) electrons. The molecule has 3 aromatic carbocycles. The highest BCUT2D eigenvalue weighted by molar-refractivity contribution is 5.91. The van der Waals surface area contributed by atoms with Gasteiger partial charge in [0.15, 0.2) is 23.1 Å². The van der Waals surface area contributed by atoms with Crippen molar-refractivity contribution in [3.8, 4) is 28.7 Å². The normalized spacial score (nSPS) is 15.2. The first kappa shape index (κ1) is 31.9. The SMILES string of the molecule is COc1ccc(N2C=CN(C(=O)Nc3ccc(Oc4ccnc5cc(OCCCN6CCC(C)CC6)c(OC)cc45)c(F)c3)C2)cc1. The second-order valence-corrected chi connectivity index (χ2v) is 11.8. The standard InChI is InChI=1S/C36H40FN5O5/c1-25-12-16-40(17-13-25)15-4-20-46-35-23-31-29(22-34(35)45-3)32(11-14-38-31)47-33-10-5-26(21-30(33)37)39-36(43)42-19-18-41(24-42)27-6-8-28(44-2)9-7-27/h5-11,14,18-19,21-23,25H,4,12-13,15-17,20,24H2,1-3H3,(H,39,43). The zero-order valence-corrected chi connectivity index (χ0v) is 26.9. The maximum Gasteiger partial charge on any atom is 0.327 e. The van der Waals surface area contributed by atoms with E-state index in [2.05, 4.69) is 22.1 Å². The molecule has 0 unspecified atom stereocenters. The molecule has 1 N–H and O–H groups in total. The number of nitrogens with one attached hydrogen (secondary N) is 1. The minimum Gasteiger partial charge on any atom is -0.497 e. The molecule has 0 aliphatic carbocycles. The summed E-state index contributed by atoms with van der Waals surface area (Å²) in [6, 6.07) is 16.7. The van der Waals surface area contributed by atoms with E-state index >= 15 is 4.39 Å². The summed E-state index contributed by atoms with van der Waals surface area (Å²) in [4.78, 5) is 23.3. The molecule has 0 atom stereocenters. The summed E-state index contributed by atoms with van der Waals surface area (Å²) < 4.78 is 38.2. The number of likely N-dealkylation sites (tertiary alicyclic amines) is 1. The number of halogens is 1. The number of nitrogens with zero attached hydrogens (tertiary/aromatic N) is 4. The molecule has 4 aromatic rings. The van der Waals surface area contributed by atoms with Gasteiger partial charge in [0.2, 0.25) is 0 Å². The number of piperidine rings is 1. The van der Waals surface area contributed by atoms with Gasteiger partial charge in [0.25, 0.3) is 0 Å². The van der Waals surface area contributed by atoms with Crippen molar-refractivity contribution >= 4 is 28.3 Å². The molecule has 0 spiro atoms. The maximum absolute atomic E-state index is 15.3. The van der Waals surface area contributed by atoms with Gasteiger partial charge in [-0.3, -0.25) is 9.88 Å². The topological polar surface area (TPSA) is 88.6 Å². The van der Waals surface area contributed by atoms with Crippen LogP contribution in [0.1, 0.15) is 26.2 Å². The highest BCUT2D eigenvalue weighted by Crippen LogP contribution is 2.38. The van der Waals surface area contributed by atoms with Gasteiger partial charge in [-0.05, 0) is 86.8 Å². The van der Waals surface area contributed by atoms with Crippen LogP contribution in [0.3, 0.4) is 0 Å². The molecule has 10 nitrogen and oxygen atoms in total. The Hall–Kier alpha value is -5.03. The summed E-state index contributed by atoms with van der Waals surface area (Å²) >= 11 is 0. The number of benzene rings is 3. The first-order valence-corrected chi connectivity index (χ1v) is 15.9. The van der Waals surface area contributed by atoms with E-state index in [1.165, 1.54) is 29.9 Å². The van der Waals surface area contributed by atoms with Gasteiger partial charge in [0.05, 0.1) is 26.3 Å². The van der Waals surface area contributed by atoms with Crippen molar-refractivity contribution in [1.29, 1.82) is 0 Å². The Kier molecular flexibility index (Phi) is 9.92. The number of carbonyl (C=O) groups is 1. The van der Waals surface area contributed by atoms with E-state index in [0.717, 1.165) is 43.4 Å². The fraction of sp³-hybridized carbons (Fsp3) is 0.333. The Morgan fingerprint density at radius 2 is 1.74 bits per heavy atom. The highest BCUT2D eigenvalue weighted by atomic mass is 19.1. The molecule has 1 aromatic heterocycles. The number of pyridine rings is 1. The number of fused-ring (bicyclic) bond motifs is 1. The van der Waals surface area contributed by atoms with Crippen molar-refractivity contribution in [3.05, 3.63) is 85.1 Å². The summed E-state index contributed by atoms with van der Waals surface area (Å²) in [7, 11) is 3.20. The van der Waals surface area contributed by atoms with Crippen LogP contribution in [0.5, 0.6) is 28.7 Å². The molecule has 1 saturated heterocycles. The Morgan fingerprint density at radius 3 is 2.49 bits per heavy atom. The average Bonchev–Trinajstić information content (AvgIpc) is 3.59. The number of aromatic nitrogens is 1. The van der Waals surface area contributed by atoms with Gasteiger partial charge in [-0.25, -0.2) is 9.18 Å². The molecule has 2 aliphatic heterocycles. The number of ether oxygens (including phenoxy) is 4. The Labute approximate surface area is 274 Å². The molecule has 246 valence electrons. The third-order valence-corrected chi connectivity index (χ3v) is 8.54. The molecule has 0 saturated carbocycles. The lowest BCUT2D eigenvalue weighted by Crippen LogP contribution is -2.34. The van der Waals surface area contributed by atoms with Crippen molar-refractivity contribution in [3.63, 3.8) is 0 Å². The average molecular weight is 642 g/mol. The first-order valence-electron chi connectivity index (χ1n) is 15.9. The summed E-state index contributed by atoms with van der Waals surface area (Å²) in [6.45, 7) is 6.49. The number of anilines is 2. The molecule has 47 heavy (non-hydrogen) atoms. The van der Waals surface area contributed by atoms with Crippen molar-refractivity contribution in [1.82, 2.24) is 14.8 Å². The summed E-state index contributed by atoms with van der Waals surface area (Å²) in [6.07, 6.45) is 8.50. The predicted molar refractivity (Wildman–Crippen MR) is 180 cm³/mol. The monoisotopic (exact) mass is 641 g/mol. The highest BCUT2D eigenvalue weighted by Gasteiger charge is 2.21. The zero-order chi connectivity index (χ0) is 32.8. The van der Waals surface area contributed by atoms with E-state index in [9.17, 15) is 4.79 Å². The maximum atomic E-state index is 15.3. The van der Waals surface area contributed by atoms with Crippen LogP contribution < -0.4 is 29.2 Å². The lowest BCUT2D eigenvalue weighted by molar-refractivity contribution is 0.176. The molecule has 0 bridgehead atoms. The molecule has 6 rings (SSSR count). The Balaban J connectivity index is 1.07. The molecule has 11 heteroatoms. The third-order valence-electron chi connectivity index (χ3n) is 8.54. The molecule has 2 aliphatic rings. The molecule has 2 amide bonds. The van der Waals surface area contributed by atoms with Crippen molar-refractivity contribution < 1.29 is 28.1 Å². The van der Waals surface area contributed by atoms with Gasteiger partial charge in [-0.1, -0.05) is 6.92 Å². The van der Waals surface area contributed by atoms with Gasteiger partial charge in [-0.2, -0.15) is 0 Å². The summed E-state index contributed by atoms with van der Waals surface area (Å²) in [5.41, 5.74) is 1.84. The Bertz CT molecular complexity index is 1730. The van der Waals surface area contributed by atoms with E-state index in [-0.39, 0.29) is 5.75 Å². The van der Waals surface area contributed by atoms with Gasteiger partial charge in [0.1, 0.15) is 18.2 Å². The second-order valence-electron chi connectivity index (χ2n) is 11.8. The number of hydrogen-bond acceptors (Lipinski definition) is 8. The molecular formula is C36H40FN5O5. The second kappa shape index (κ2) is 14.6. The van der Waals surface area contributed by atoms with Crippen LogP contribution in [0.2, 0.25) is 0 Å². The number of methoxy groups -OCH3 is 2. The van der Waals surface area contributed by atoms with Crippen LogP contribution in [-0.4, -0.2) is 67.9 Å². The Morgan fingerprint density at radius 1 is 0.936 bits per heavy atom. The zero-order valence-electron chi connectivity index (χ0n) is 26.9. The lowest BCUT2D eigenvalue weighted by Gasteiger charge is -2.30. The summed E-state index contributed by atoms with van der Waals surface area (Å²) in [5.74, 6) is 2.50. The van der Waals surface area contributed by atoms with Crippen LogP contribution in [0, 0.1) is 11.7 Å². The minimum absolute atomic E-state index is 0.00801. The van der Waals surface area contributed by atoms with E-state index in [1.807, 2.05) is 35.2 Å². The van der Waals surface area contributed by atoms with Crippen LogP contribution in [0.4, 0.5) is 20.6 Å². The van der Waals surface area contributed by atoms with Crippen LogP contribution in [-0.2, 0) is 0 Å². The fourth-order valence-electron chi connectivity index (χ4n) is 5.71. The minimum atomic E-state index is -0.625. The number of urea groups is 1. The largest absolute Gasteiger partial charge is 0.497 e. The van der Waals surface area contributed by atoms with E-state index in [0.29, 0.717) is 47.1 Å². The quantitative estimate of drug-likeness (QED) is 0.169. The smallest absolute Gasteiger partial charge is 0.327 e. The third kappa shape index (κ3) is 7.69. The van der Waals surface area contributed by atoms with Crippen LogP contribution >= 0.6 is 0 Å². The number of amides is 2. The number of hydrogen-bond donors (Lipinski definition) is 1. The molecule has 3 heterocycles. The van der Waals surface area contributed by atoms with Gasteiger partial charge < -0.3 is 34.1 Å². The van der Waals surface area contributed by atoms with Crippen LogP contribution in [0.15, 0.2) is 79.3 Å². The van der Waals surface area contributed by atoms with Gasteiger partial charge in [0, 0.05) is 54.0 Å². The predicted octanol–water partition coefficient (Wildman–Crippen LogP) is 7.47. The lowest BCUT2D eigenvalue weighted by atomic mass is 9.99. The molecular weight excluding hydrogens is 601 g/mol. The fourth-order valence-corrected chi connectivity index (χ4v) is 5.71. The van der Waals surface area contributed by atoms with Crippen LogP contribution in [0.25, 0.3) is 10.9 Å². The summed E-state index contributed by atoms with van der Waals surface area (Å²) in [5, 5.41) is 3.40. The van der Waals surface area contributed by atoms with Crippen molar-refractivity contribution in [2.24, 2.45) is 5.92 Å². The number of rotatable bonds is 11. The van der Waals surface area contributed by atoms with Crippen molar-refractivity contribution in [2.75, 3.05) is 57.3 Å². The van der Waals surface area contributed by atoms with E-state index < -0.39 is 11.8 Å². The van der Waals surface area contributed by atoms with Crippen molar-refractivity contribution in [2.45, 2.75) is 26.2 Å². The molecule has 1 fully saturated rings. The number of carbonyl (C=O) groups excluding carboxylic acids is 1. The van der Waals surface area contributed by atoms with E-state index in [4.69, 9.17) is 18.9 Å². The van der Waals surface area contributed by atoms with E-state index in [1.54, 1.807) is 51.0 Å².